The van der Waals surface area contributed by atoms with Crippen LogP contribution < -0.4 is 0 Å². The van der Waals surface area contributed by atoms with Crippen LogP contribution in [-0.2, 0) is 4.79 Å². The van der Waals surface area contributed by atoms with Gasteiger partial charge in [0.05, 0.1) is 5.41 Å². The van der Waals surface area contributed by atoms with Gasteiger partial charge in [0.15, 0.2) is 0 Å². The van der Waals surface area contributed by atoms with Crippen LogP contribution in [0.3, 0.4) is 0 Å². The SMILES string of the molecule is C[C@]1(C(=O)O)CC[C@@H](CO)CC1. The van der Waals surface area contributed by atoms with E-state index in [0.717, 1.165) is 12.8 Å². The monoisotopic (exact) mass is 172 g/mol. The maximum absolute atomic E-state index is 10.8. The maximum atomic E-state index is 10.8. The Morgan fingerprint density at radius 3 is 2.33 bits per heavy atom. The number of hydrogen-bond donors (Lipinski definition) is 2. The first kappa shape index (κ1) is 9.52. The van der Waals surface area contributed by atoms with Crippen molar-refractivity contribution in [1.82, 2.24) is 0 Å². The Morgan fingerprint density at radius 2 is 2.00 bits per heavy atom. The van der Waals surface area contributed by atoms with Crippen molar-refractivity contribution in [3.8, 4) is 0 Å². The molecule has 0 heterocycles. The molecule has 1 rings (SSSR count). The van der Waals surface area contributed by atoms with E-state index in [2.05, 4.69) is 0 Å². The molecule has 0 unspecified atom stereocenters. The molecule has 0 aliphatic heterocycles. The van der Waals surface area contributed by atoms with Crippen LogP contribution in [0.25, 0.3) is 0 Å². The molecule has 1 saturated carbocycles. The Hall–Kier alpha value is -0.570. The zero-order valence-electron chi connectivity index (χ0n) is 7.42. The van der Waals surface area contributed by atoms with Crippen molar-refractivity contribution in [2.24, 2.45) is 11.3 Å². The lowest BCUT2D eigenvalue weighted by atomic mass is 9.72. The van der Waals surface area contributed by atoms with Crippen LogP contribution in [-0.4, -0.2) is 22.8 Å². The molecular formula is C9H16O3. The van der Waals surface area contributed by atoms with Crippen LogP contribution in [0.15, 0.2) is 0 Å². The van der Waals surface area contributed by atoms with Gasteiger partial charge in [0, 0.05) is 6.61 Å². The Kier molecular flexibility index (Phi) is 2.73. The highest BCUT2D eigenvalue weighted by Crippen LogP contribution is 2.38. The average Bonchev–Trinajstić information content (AvgIpc) is 2.06. The van der Waals surface area contributed by atoms with E-state index in [9.17, 15) is 4.79 Å². The molecule has 0 radical (unpaired) electrons. The molecule has 0 aromatic rings. The number of carboxylic acid groups (broad SMARTS) is 1. The Labute approximate surface area is 72.4 Å². The first-order valence-corrected chi connectivity index (χ1v) is 4.43. The van der Waals surface area contributed by atoms with Gasteiger partial charge in [-0.05, 0) is 38.5 Å². The quantitative estimate of drug-likeness (QED) is 0.659. The third-order valence-corrected chi connectivity index (χ3v) is 2.98. The van der Waals surface area contributed by atoms with Gasteiger partial charge in [-0.15, -0.1) is 0 Å². The van der Waals surface area contributed by atoms with Gasteiger partial charge in [-0.25, -0.2) is 0 Å². The highest BCUT2D eigenvalue weighted by molar-refractivity contribution is 5.74. The van der Waals surface area contributed by atoms with Crippen LogP contribution in [0.4, 0.5) is 0 Å². The zero-order valence-corrected chi connectivity index (χ0v) is 7.42. The molecule has 0 saturated heterocycles. The molecule has 0 bridgehead atoms. The molecule has 70 valence electrons. The minimum Gasteiger partial charge on any atom is -0.481 e. The number of rotatable bonds is 2. The lowest BCUT2D eigenvalue weighted by Crippen LogP contribution is -2.33. The highest BCUT2D eigenvalue weighted by atomic mass is 16.4. The second kappa shape index (κ2) is 3.44. The summed E-state index contributed by atoms with van der Waals surface area (Å²) in [7, 11) is 0. The summed E-state index contributed by atoms with van der Waals surface area (Å²) in [5.74, 6) is -0.365. The predicted molar refractivity (Wildman–Crippen MR) is 44.8 cm³/mol. The summed E-state index contributed by atoms with van der Waals surface area (Å²) < 4.78 is 0. The van der Waals surface area contributed by atoms with E-state index in [-0.39, 0.29) is 6.61 Å². The van der Waals surface area contributed by atoms with Crippen molar-refractivity contribution in [1.29, 1.82) is 0 Å². The summed E-state index contributed by atoms with van der Waals surface area (Å²) in [5.41, 5.74) is -0.536. The van der Waals surface area contributed by atoms with E-state index in [1.165, 1.54) is 0 Å². The number of aliphatic carboxylic acids is 1. The van der Waals surface area contributed by atoms with Crippen molar-refractivity contribution < 1.29 is 15.0 Å². The first-order chi connectivity index (χ1) is 5.58. The Bertz CT molecular complexity index is 169. The zero-order chi connectivity index (χ0) is 9.19. The molecule has 3 nitrogen and oxygen atoms in total. The molecule has 12 heavy (non-hydrogen) atoms. The Morgan fingerprint density at radius 1 is 1.50 bits per heavy atom. The minimum absolute atomic E-state index is 0.204. The van der Waals surface area contributed by atoms with E-state index in [4.69, 9.17) is 10.2 Å². The third kappa shape index (κ3) is 1.78. The lowest BCUT2D eigenvalue weighted by Gasteiger charge is -2.32. The van der Waals surface area contributed by atoms with E-state index in [1.807, 2.05) is 0 Å². The standard InChI is InChI=1S/C9H16O3/c1-9(8(11)12)4-2-7(6-10)3-5-9/h7,10H,2-6H2,1H3,(H,11,12)/t7-,9+. The number of hydrogen-bond acceptors (Lipinski definition) is 2. The topological polar surface area (TPSA) is 57.5 Å². The molecule has 1 aliphatic carbocycles. The van der Waals surface area contributed by atoms with Crippen LogP contribution in [0, 0.1) is 11.3 Å². The molecule has 2 N–H and O–H groups in total. The van der Waals surface area contributed by atoms with Gasteiger partial charge >= 0.3 is 5.97 Å². The summed E-state index contributed by atoms with van der Waals surface area (Å²) in [6.45, 7) is 2.00. The maximum Gasteiger partial charge on any atom is 0.309 e. The van der Waals surface area contributed by atoms with Crippen molar-refractivity contribution in [3.63, 3.8) is 0 Å². The highest BCUT2D eigenvalue weighted by Gasteiger charge is 2.37. The number of aliphatic hydroxyl groups is 1. The largest absolute Gasteiger partial charge is 0.481 e. The third-order valence-electron chi connectivity index (χ3n) is 2.98. The number of carbonyl (C=O) groups is 1. The van der Waals surface area contributed by atoms with Crippen molar-refractivity contribution in [3.05, 3.63) is 0 Å². The van der Waals surface area contributed by atoms with E-state index in [1.54, 1.807) is 6.92 Å². The minimum atomic E-state index is -0.695. The van der Waals surface area contributed by atoms with Crippen molar-refractivity contribution in [2.45, 2.75) is 32.6 Å². The second-order valence-electron chi connectivity index (χ2n) is 3.99. The molecule has 0 spiro atoms. The molecule has 0 aromatic carbocycles. The van der Waals surface area contributed by atoms with Crippen LogP contribution >= 0.6 is 0 Å². The first-order valence-electron chi connectivity index (χ1n) is 4.43. The van der Waals surface area contributed by atoms with Crippen LogP contribution in [0.2, 0.25) is 0 Å². The van der Waals surface area contributed by atoms with Crippen LogP contribution in [0.5, 0.6) is 0 Å². The normalized spacial score (nSPS) is 36.3. The fourth-order valence-electron chi connectivity index (χ4n) is 1.71. The van der Waals surface area contributed by atoms with Gasteiger partial charge in [0.25, 0.3) is 0 Å². The molecular weight excluding hydrogens is 156 g/mol. The summed E-state index contributed by atoms with van der Waals surface area (Å²) in [4.78, 5) is 10.8. The fourth-order valence-corrected chi connectivity index (χ4v) is 1.71. The summed E-state index contributed by atoms with van der Waals surface area (Å²) >= 11 is 0. The van der Waals surface area contributed by atoms with E-state index < -0.39 is 11.4 Å². The number of aliphatic hydroxyl groups excluding tert-OH is 1. The fraction of sp³-hybridized carbons (Fsp3) is 0.889. The number of carboxylic acids is 1. The summed E-state index contributed by atoms with van der Waals surface area (Å²) in [6, 6.07) is 0. The van der Waals surface area contributed by atoms with E-state index in [0.29, 0.717) is 18.8 Å². The van der Waals surface area contributed by atoms with Gasteiger partial charge in [-0.3, -0.25) is 4.79 Å². The van der Waals surface area contributed by atoms with Crippen molar-refractivity contribution in [2.75, 3.05) is 6.61 Å². The van der Waals surface area contributed by atoms with Crippen LogP contribution in [0.1, 0.15) is 32.6 Å². The second-order valence-corrected chi connectivity index (χ2v) is 3.99. The molecule has 0 aromatic heterocycles. The van der Waals surface area contributed by atoms with Gasteiger partial charge in [0.1, 0.15) is 0 Å². The molecule has 1 aliphatic rings. The average molecular weight is 172 g/mol. The molecule has 0 amide bonds. The lowest BCUT2D eigenvalue weighted by molar-refractivity contribution is -0.150. The summed E-state index contributed by atoms with van der Waals surface area (Å²) in [5, 5.41) is 17.7. The molecule has 0 atom stereocenters. The van der Waals surface area contributed by atoms with Crippen molar-refractivity contribution >= 4 is 5.97 Å². The smallest absolute Gasteiger partial charge is 0.309 e. The molecule has 1 fully saturated rings. The van der Waals surface area contributed by atoms with E-state index >= 15 is 0 Å². The summed E-state index contributed by atoms with van der Waals surface area (Å²) in [6.07, 6.45) is 3.10. The van der Waals surface area contributed by atoms with Gasteiger partial charge in [-0.1, -0.05) is 0 Å². The molecule has 3 heteroatoms. The van der Waals surface area contributed by atoms with Gasteiger partial charge in [0.2, 0.25) is 0 Å². The Balaban J connectivity index is 2.49. The van der Waals surface area contributed by atoms with Gasteiger partial charge in [-0.2, -0.15) is 0 Å². The van der Waals surface area contributed by atoms with Gasteiger partial charge < -0.3 is 10.2 Å². The predicted octanol–water partition coefficient (Wildman–Crippen LogP) is 1.26.